The largest absolute Gasteiger partial charge is 0.355 e. The first-order chi connectivity index (χ1) is 25.3. The van der Waals surface area contributed by atoms with Crippen LogP contribution in [-0.4, -0.2) is 4.57 Å². The minimum absolute atomic E-state index is 1.06. The Labute approximate surface area is 300 Å². The highest BCUT2D eigenvalue weighted by atomic mass is 32.1. The number of benzene rings is 8. The van der Waals surface area contributed by atoms with Crippen LogP contribution in [0.1, 0.15) is 0 Å². The van der Waals surface area contributed by atoms with Gasteiger partial charge in [0.2, 0.25) is 0 Å². The molecule has 2 heterocycles. The van der Waals surface area contributed by atoms with Crippen LogP contribution in [0.15, 0.2) is 188 Å². The van der Waals surface area contributed by atoms with E-state index in [4.69, 9.17) is 0 Å². The van der Waals surface area contributed by atoms with Crippen LogP contribution in [0.25, 0.3) is 81.0 Å². The number of rotatable bonds is 6. The number of fused-ring (bicyclic) bond motifs is 6. The molecule has 0 saturated heterocycles. The summed E-state index contributed by atoms with van der Waals surface area (Å²) in [5.41, 5.74) is 12.9. The summed E-state index contributed by atoms with van der Waals surface area (Å²) in [6.45, 7) is 0. The molecule has 8 aromatic carbocycles. The molecule has 2 nitrogen and oxygen atoms in total. The van der Waals surface area contributed by atoms with Gasteiger partial charge in [-0.1, -0.05) is 115 Å². The lowest BCUT2D eigenvalue weighted by Gasteiger charge is -2.15. The molecular weight excluding hydrogens is 637 g/mol. The highest BCUT2D eigenvalue weighted by Crippen LogP contribution is 2.39. The van der Waals surface area contributed by atoms with Crippen molar-refractivity contribution >= 4 is 64.7 Å². The molecule has 0 amide bonds. The molecule has 0 aliphatic rings. The number of hydrogen-bond acceptors (Lipinski definition) is 2. The van der Waals surface area contributed by atoms with Crippen molar-refractivity contribution in [3.63, 3.8) is 0 Å². The molecule has 0 fully saturated rings. The fraction of sp³-hybridized carbons (Fsp3) is 0. The molecule has 0 aliphatic carbocycles. The summed E-state index contributed by atoms with van der Waals surface area (Å²) in [5.74, 6) is 0. The van der Waals surface area contributed by atoms with Gasteiger partial charge in [-0.05, 0) is 101 Å². The van der Waals surface area contributed by atoms with Gasteiger partial charge in [-0.3, -0.25) is 0 Å². The highest BCUT2D eigenvalue weighted by Gasteiger charge is 2.15. The molecule has 2 aromatic heterocycles. The van der Waals surface area contributed by atoms with Crippen molar-refractivity contribution in [1.29, 1.82) is 0 Å². The summed E-state index contributed by atoms with van der Waals surface area (Å²) in [5, 5.41) is 8.91. The third kappa shape index (κ3) is 5.18. The smallest absolute Gasteiger partial charge is 0.0541 e. The Bertz CT molecular complexity index is 2860. The molecule has 0 bridgehead atoms. The third-order valence-electron chi connectivity index (χ3n) is 10.00. The Morgan fingerprint density at radius 1 is 0.373 bits per heavy atom. The van der Waals surface area contributed by atoms with Crippen LogP contribution in [0.4, 0.5) is 11.4 Å². The molecular formula is C48H32N2S. The van der Waals surface area contributed by atoms with Crippen molar-refractivity contribution in [3.05, 3.63) is 188 Å². The van der Waals surface area contributed by atoms with Crippen LogP contribution in [0.5, 0.6) is 0 Å². The van der Waals surface area contributed by atoms with E-state index in [-0.39, 0.29) is 0 Å². The summed E-state index contributed by atoms with van der Waals surface area (Å²) >= 11 is 1.86. The molecule has 0 spiro atoms. The van der Waals surface area contributed by atoms with E-state index in [1.165, 1.54) is 81.0 Å². The molecule has 3 heteroatoms. The zero-order valence-corrected chi connectivity index (χ0v) is 28.6. The van der Waals surface area contributed by atoms with Gasteiger partial charge in [0.1, 0.15) is 0 Å². The SMILES string of the molecule is c1ccc(-c2cc(-c3ccc4c(c3)c3ccccc3n4-c3ccccc3)ccc2Nc2ccc(-c3ccc4sc5ccccc5c4c3)cc2)cc1. The Morgan fingerprint density at radius 2 is 0.961 bits per heavy atom. The number of anilines is 2. The normalized spacial score (nSPS) is 11.5. The second kappa shape index (κ2) is 12.2. The molecule has 1 N–H and O–H groups in total. The first kappa shape index (κ1) is 29.5. The molecule has 0 saturated carbocycles. The van der Waals surface area contributed by atoms with Crippen molar-refractivity contribution in [2.45, 2.75) is 0 Å². The molecule has 0 radical (unpaired) electrons. The zero-order chi connectivity index (χ0) is 33.7. The Kier molecular flexibility index (Phi) is 7.04. The number of hydrogen-bond donors (Lipinski definition) is 1. The summed E-state index contributed by atoms with van der Waals surface area (Å²) in [7, 11) is 0. The van der Waals surface area contributed by atoms with E-state index in [1.54, 1.807) is 0 Å². The first-order valence-corrected chi connectivity index (χ1v) is 18.2. The van der Waals surface area contributed by atoms with Gasteiger partial charge in [-0.25, -0.2) is 0 Å². The van der Waals surface area contributed by atoms with E-state index >= 15 is 0 Å². The highest BCUT2D eigenvalue weighted by molar-refractivity contribution is 7.25. The van der Waals surface area contributed by atoms with E-state index in [2.05, 4.69) is 198 Å². The average Bonchev–Trinajstić information content (AvgIpc) is 3.74. The predicted octanol–water partition coefficient (Wildman–Crippen LogP) is 13.9. The van der Waals surface area contributed by atoms with Crippen LogP contribution in [0, 0.1) is 0 Å². The number of nitrogens with one attached hydrogen (secondary N) is 1. The topological polar surface area (TPSA) is 17.0 Å². The first-order valence-electron chi connectivity index (χ1n) is 17.3. The Balaban J connectivity index is 1.01. The lowest BCUT2D eigenvalue weighted by Crippen LogP contribution is -1.95. The summed E-state index contributed by atoms with van der Waals surface area (Å²) in [6.07, 6.45) is 0. The van der Waals surface area contributed by atoms with Gasteiger partial charge < -0.3 is 9.88 Å². The summed E-state index contributed by atoms with van der Waals surface area (Å²) in [6, 6.07) is 68.0. The number of nitrogens with zero attached hydrogens (tertiary/aromatic N) is 1. The maximum absolute atomic E-state index is 3.75. The van der Waals surface area contributed by atoms with E-state index < -0.39 is 0 Å². The summed E-state index contributed by atoms with van der Waals surface area (Å²) in [4.78, 5) is 0. The van der Waals surface area contributed by atoms with Gasteiger partial charge in [0.05, 0.1) is 11.0 Å². The molecule has 10 aromatic rings. The monoisotopic (exact) mass is 668 g/mol. The van der Waals surface area contributed by atoms with Gasteiger partial charge in [0, 0.05) is 53.6 Å². The van der Waals surface area contributed by atoms with Gasteiger partial charge in [0.25, 0.3) is 0 Å². The second-order valence-electron chi connectivity index (χ2n) is 13.1. The van der Waals surface area contributed by atoms with Gasteiger partial charge in [0.15, 0.2) is 0 Å². The maximum atomic E-state index is 3.75. The van der Waals surface area contributed by atoms with E-state index in [0.29, 0.717) is 0 Å². The van der Waals surface area contributed by atoms with Crippen LogP contribution >= 0.6 is 11.3 Å². The van der Waals surface area contributed by atoms with E-state index in [0.717, 1.165) is 11.4 Å². The number of thiophene rings is 1. The van der Waals surface area contributed by atoms with Crippen molar-refractivity contribution in [3.8, 4) is 39.1 Å². The van der Waals surface area contributed by atoms with Crippen LogP contribution in [0.3, 0.4) is 0 Å². The molecule has 0 atom stereocenters. The third-order valence-corrected chi connectivity index (χ3v) is 11.2. The standard InChI is InChI=1S/C48H32N2S/c1-3-11-33(12-4-1)41-29-35(36-22-27-46-42(30-36)39-15-7-9-17-45(39)50(46)38-13-5-2-6-14-38)21-26-44(41)49-37-24-19-32(20-25-37)34-23-28-48-43(31-34)40-16-8-10-18-47(40)51-48/h1-31,49H. The molecule has 10 rings (SSSR count). The molecule has 0 aliphatic heterocycles. The fourth-order valence-electron chi connectivity index (χ4n) is 7.50. The maximum Gasteiger partial charge on any atom is 0.0541 e. The second-order valence-corrected chi connectivity index (χ2v) is 14.1. The van der Waals surface area contributed by atoms with Crippen LogP contribution in [0.2, 0.25) is 0 Å². The van der Waals surface area contributed by atoms with Crippen molar-refractivity contribution in [2.75, 3.05) is 5.32 Å². The molecule has 240 valence electrons. The lowest BCUT2D eigenvalue weighted by atomic mass is 9.96. The van der Waals surface area contributed by atoms with Crippen LogP contribution in [-0.2, 0) is 0 Å². The van der Waals surface area contributed by atoms with E-state index in [9.17, 15) is 0 Å². The zero-order valence-electron chi connectivity index (χ0n) is 27.8. The fourth-order valence-corrected chi connectivity index (χ4v) is 8.59. The average molecular weight is 669 g/mol. The Hall–Kier alpha value is -6.42. The van der Waals surface area contributed by atoms with E-state index in [1.807, 2.05) is 11.3 Å². The van der Waals surface area contributed by atoms with Crippen LogP contribution < -0.4 is 5.32 Å². The van der Waals surface area contributed by atoms with Gasteiger partial charge in [-0.15, -0.1) is 11.3 Å². The quantitative estimate of drug-likeness (QED) is 0.187. The molecule has 0 unspecified atom stereocenters. The van der Waals surface area contributed by atoms with Crippen molar-refractivity contribution in [2.24, 2.45) is 0 Å². The minimum Gasteiger partial charge on any atom is -0.355 e. The van der Waals surface area contributed by atoms with Gasteiger partial charge in [-0.2, -0.15) is 0 Å². The molecule has 51 heavy (non-hydrogen) atoms. The van der Waals surface area contributed by atoms with Crippen molar-refractivity contribution in [1.82, 2.24) is 4.57 Å². The summed E-state index contributed by atoms with van der Waals surface area (Å²) < 4.78 is 5.03. The minimum atomic E-state index is 1.06. The van der Waals surface area contributed by atoms with Crippen molar-refractivity contribution < 1.29 is 0 Å². The lowest BCUT2D eigenvalue weighted by molar-refractivity contribution is 1.18. The van der Waals surface area contributed by atoms with Gasteiger partial charge >= 0.3 is 0 Å². The number of aromatic nitrogens is 1. The Morgan fingerprint density at radius 3 is 1.80 bits per heavy atom. The predicted molar refractivity (Wildman–Crippen MR) is 220 cm³/mol. The number of para-hydroxylation sites is 2.